The molecule has 2 amide bonds. The molecule has 2 N–H and O–H groups in total. The number of benzene rings is 2. The number of nitrogens with one attached hydrogen (secondary N) is 2. The van der Waals surface area contributed by atoms with Gasteiger partial charge in [0.2, 0.25) is 0 Å². The van der Waals surface area contributed by atoms with Crippen LogP contribution in [0.4, 0.5) is 15.9 Å². The van der Waals surface area contributed by atoms with Gasteiger partial charge in [-0.15, -0.1) is 0 Å². The molecule has 7 heteroatoms. The predicted octanol–water partition coefficient (Wildman–Crippen LogP) is 4.80. The van der Waals surface area contributed by atoms with Crippen molar-refractivity contribution >= 4 is 39.2 Å². The van der Waals surface area contributed by atoms with Crippen LogP contribution in [-0.4, -0.2) is 16.8 Å². The lowest BCUT2D eigenvalue weighted by Gasteiger charge is -2.09. The Hall–Kier alpha value is -3.06. The van der Waals surface area contributed by atoms with Crippen molar-refractivity contribution in [2.75, 3.05) is 10.6 Å². The molecule has 0 aliphatic heterocycles. The number of nitrogens with zero attached hydrogens (tertiary/aromatic N) is 1. The van der Waals surface area contributed by atoms with E-state index in [4.69, 9.17) is 0 Å². The molecule has 2 aromatic carbocycles. The van der Waals surface area contributed by atoms with Gasteiger partial charge in [0.1, 0.15) is 11.6 Å². The van der Waals surface area contributed by atoms with E-state index in [1.54, 1.807) is 49.5 Å². The Bertz CT molecular complexity index is 1010. The number of carbonyl (C=O) groups excluding carboxylic acids is 2. The highest BCUT2D eigenvalue weighted by molar-refractivity contribution is 9.10. The monoisotopic (exact) mass is 427 g/mol. The van der Waals surface area contributed by atoms with Crippen LogP contribution in [-0.2, 0) is 0 Å². The number of aryl methyl sites for hydroxylation is 1. The fourth-order valence-electron chi connectivity index (χ4n) is 2.37. The van der Waals surface area contributed by atoms with Gasteiger partial charge in [-0.3, -0.25) is 9.59 Å². The molecule has 5 nitrogen and oxygen atoms in total. The number of anilines is 2. The van der Waals surface area contributed by atoms with Gasteiger partial charge >= 0.3 is 0 Å². The predicted molar refractivity (Wildman–Crippen MR) is 105 cm³/mol. The zero-order valence-electron chi connectivity index (χ0n) is 14.3. The number of pyridine rings is 1. The Balaban J connectivity index is 1.72. The number of hydrogen-bond acceptors (Lipinski definition) is 3. The Kier molecular flexibility index (Phi) is 5.61. The molecule has 136 valence electrons. The van der Waals surface area contributed by atoms with E-state index in [0.717, 1.165) is 4.47 Å². The smallest absolute Gasteiger partial charge is 0.256 e. The van der Waals surface area contributed by atoms with Crippen molar-refractivity contribution < 1.29 is 14.0 Å². The minimum Gasteiger partial charge on any atom is -0.322 e. The van der Waals surface area contributed by atoms with Crippen LogP contribution in [0, 0.1) is 12.7 Å². The first kappa shape index (κ1) is 18.7. The molecular formula is C20H15BrFN3O2. The molecule has 0 bridgehead atoms. The van der Waals surface area contributed by atoms with Crippen molar-refractivity contribution in [1.29, 1.82) is 0 Å². The van der Waals surface area contributed by atoms with Gasteiger partial charge in [0, 0.05) is 27.5 Å². The summed E-state index contributed by atoms with van der Waals surface area (Å²) in [6.07, 6.45) is 1.58. The van der Waals surface area contributed by atoms with Crippen molar-refractivity contribution in [3.63, 3.8) is 0 Å². The molecule has 0 radical (unpaired) electrons. The first-order valence-corrected chi connectivity index (χ1v) is 8.82. The summed E-state index contributed by atoms with van der Waals surface area (Å²) >= 11 is 3.28. The first-order valence-electron chi connectivity index (χ1n) is 8.03. The van der Waals surface area contributed by atoms with Gasteiger partial charge in [-0.05, 0) is 76.9 Å². The lowest BCUT2D eigenvalue weighted by molar-refractivity contribution is 0.101. The van der Waals surface area contributed by atoms with Crippen molar-refractivity contribution in [2.45, 2.75) is 6.92 Å². The van der Waals surface area contributed by atoms with Crippen molar-refractivity contribution in [3.05, 3.63) is 87.8 Å². The van der Waals surface area contributed by atoms with Crippen LogP contribution in [0.2, 0.25) is 0 Å². The molecule has 1 heterocycles. The summed E-state index contributed by atoms with van der Waals surface area (Å²) in [7, 11) is 0. The summed E-state index contributed by atoms with van der Waals surface area (Å²) in [5, 5.41) is 5.39. The van der Waals surface area contributed by atoms with E-state index in [2.05, 4.69) is 31.5 Å². The van der Waals surface area contributed by atoms with Crippen LogP contribution in [0.1, 0.15) is 26.3 Å². The maximum atomic E-state index is 13.3. The van der Waals surface area contributed by atoms with Gasteiger partial charge in [0.05, 0.1) is 0 Å². The zero-order chi connectivity index (χ0) is 19.4. The third-order valence-electron chi connectivity index (χ3n) is 3.77. The highest BCUT2D eigenvalue weighted by Gasteiger charge is 2.11. The highest BCUT2D eigenvalue weighted by atomic mass is 79.9. The molecule has 0 aliphatic carbocycles. The fourth-order valence-corrected chi connectivity index (χ4v) is 2.60. The summed E-state index contributed by atoms with van der Waals surface area (Å²) in [4.78, 5) is 28.8. The molecule has 0 saturated carbocycles. The lowest BCUT2D eigenvalue weighted by Crippen LogP contribution is -2.15. The molecule has 3 aromatic rings. The number of carbonyl (C=O) groups is 2. The molecular weight excluding hydrogens is 413 g/mol. The molecule has 0 aliphatic rings. The van der Waals surface area contributed by atoms with Crippen LogP contribution < -0.4 is 10.6 Å². The molecule has 3 rings (SSSR count). The Labute approximate surface area is 163 Å². The SMILES string of the molecule is Cc1cc(C(=O)Nc2cccc(C(=O)Nc3ccc(Br)cn3)c2)ccc1F. The number of aromatic nitrogens is 1. The van der Waals surface area contributed by atoms with E-state index in [1.165, 1.54) is 18.2 Å². The van der Waals surface area contributed by atoms with E-state index in [9.17, 15) is 14.0 Å². The van der Waals surface area contributed by atoms with Gasteiger partial charge in [0.25, 0.3) is 11.8 Å². The zero-order valence-corrected chi connectivity index (χ0v) is 15.9. The fraction of sp³-hybridized carbons (Fsp3) is 0.0500. The largest absolute Gasteiger partial charge is 0.322 e. The molecule has 0 saturated heterocycles. The van der Waals surface area contributed by atoms with Crippen LogP contribution in [0.15, 0.2) is 65.3 Å². The van der Waals surface area contributed by atoms with E-state index in [-0.39, 0.29) is 17.6 Å². The van der Waals surface area contributed by atoms with E-state index in [1.807, 2.05) is 0 Å². The van der Waals surface area contributed by atoms with E-state index < -0.39 is 0 Å². The molecule has 0 unspecified atom stereocenters. The number of amides is 2. The van der Waals surface area contributed by atoms with Crippen molar-refractivity contribution in [3.8, 4) is 0 Å². The summed E-state index contributed by atoms with van der Waals surface area (Å²) in [6, 6.07) is 14.1. The number of rotatable bonds is 4. The molecule has 27 heavy (non-hydrogen) atoms. The highest BCUT2D eigenvalue weighted by Crippen LogP contribution is 2.16. The average molecular weight is 428 g/mol. The Morgan fingerprint density at radius 1 is 0.963 bits per heavy atom. The molecule has 0 atom stereocenters. The van der Waals surface area contributed by atoms with Gasteiger partial charge in [-0.2, -0.15) is 0 Å². The number of hydrogen-bond donors (Lipinski definition) is 2. The Morgan fingerprint density at radius 2 is 1.70 bits per heavy atom. The normalized spacial score (nSPS) is 10.3. The van der Waals surface area contributed by atoms with Gasteiger partial charge < -0.3 is 10.6 Å². The minimum absolute atomic E-state index is 0.336. The van der Waals surface area contributed by atoms with Gasteiger partial charge in [-0.25, -0.2) is 9.37 Å². The molecule has 0 spiro atoms. The Morgan fingerprint density at radius 3 is 2.41 bits per heavy atom. The maximum Gasteiger partial charge on any atom is 0.256 e. The number of halogens is 2. The average Bonchev–Trinajstić information content (AvgIpc) is 2.66. The minimum atomic E-state index is -0.384. The second-order valence-corrected chi connectivity index (χ2v) is 6.73. The van der Waals surface area contributed by atoms with Gasteiger partial charge in [-0.1, -0.05) is 6.07 Å². The lowest BCUT2D eigenvalue weighted by atomic mass is 10.1. The molecule has 1 aromatic heterocycles. The van der Waals surface area contributed by atoms with E-state index in [0.29, 0.717) is 28.2 Å². The topological polar surface area (TPSA) is 71.1 Å². The maximum absolute atomic E-state index is 13.3. The second-order valence-electron chi connectivity index (χ2n) is 5.81. The van der Waals surface area contributed by atoms with E-state index >= 15 is 0 Å². The summed E-state index contributed by atoms with van der Waals surface area (Å²) in [5.41, 5.74) is 1.55. The van der Waals surface area contributed by atoms with Gasteiger partial charge in [0.15, 0.2) is 0 Å². The van der Waals surface area contributed by atoms with Crippen molar-refractivity contribution in [2.24, 2.45) is 0 Å². The van der Waals surface area contributed by atoms with Crippen LogP contribution >= 0.6 is 15.9 Å². The summed E-state index contributed by atoms with van der Waals surface area (Å²) in [6.45, 7) is 1.59. The quantitative estimate of drug-likeness (QED) is 0.628. The van der Waals surface area contributed by atoms with Crippen LogP contribution in [0.5, 0.6) is 0 Å². The van der Waals surface area contributed by atoms with Crippen LogP contribution in [0.25, 0.3) is 0 Å². The standard InChI is InChI=1S/C20H15BrFN3O2/c1-12-9-14(5-7-17(12)22)19(26)24-16-4-2-3-13(10-16)20(27)25-18-8-6-15(21)11-23-18/h2-11H,1H3,(H,24,26)(H,23,25,27). The third kappa shape index (κ3) is 4.77. The third-order valence-corrected chi connectivity index (χ3v) is 4.24. The van der Waals surface area contributed by atoms with Crippen molar-refractivity contribution in [1.82, 2.24) is 4.98 Å². The first-order chi connectivity index (χ1) is 12.9. The summed E-state index contributed by atoms with van der Waals surface area (Å²) in [5.74, 6) is -0.685. The second kappa shape index (κ2) is 8.09. The molecule has 0 fully saturated rings. The summed E-state index contributed by atoms with van der Waals surface area (Å²) < 4.78 is 14.2. The van der Waals surface area contributed by atoms with Crippen LogP contribution in [0.3, 0.4) is 0 Å².